The Hall–Kier alpha value is -1.64. The van der Waals surface area contributed by atoms with Gasteiger partial charge in [0.15, 0.2) is 5.13 Å². The fourth-order valence-electron chi connectivity index (χ4n) is 2.22. The first-order valence-electron chi connectivity index (χ1n) is 8.15. The molecular weight excluding hydrogens is 434 g/mol. The molecule has 1 unspecified atom stereocenters. The maximum absolute atomic E-state index is 12.2. The molecule has 0 saturated heterocycles. The number of amides is 1. The molecule has 136 valence electrons. The number of halogens is 1. The Kier molecular flexibility index (Phi) is 6.50. The summed E-state index contributed by atoms with van der Waals surface area (Å²) in [5.41, 5.74) is 0.959. The number of nitrogens with one attached hydrogen (secondary N) is 1. The highest BCUT2D eigenvalue weighted by Crippen LogP contribution is 2.38. The van der Waals surface area contributed by atoms with E-state index in [4.69, 9.17) is 4.42 Å². The van der Waals surface area contributed by atoms with Gasteiger partial charge in [-0.1, -0.05) is 46.3 Å². The third-order valence-corrected chi connectivity index (χ3v) is 6.24. The minimum Gasteiger partial charge on any atom is -0.445 e. The van der Waals surface area contributed by atoms with Gasteiger partial charge in [-0.15, -0.1) is 11.8 Å². The van der Waals surface area contributed by atoms with E-state index in [1.165, 1.54) is 11.3 Å². The van der Waals surface area contributed by atoms with Crippen LogP contribution in [0.5, 0.6) is 0 Å². The fraction of sp³-hybridized carbons (Fsp3) is 0.278. The molecule has 0 aliphatic heterocycles. The van der Waals surface area contributed by atoms with Crippen LogP contribution in [-0.4, -0.2) is 15.9 Å². The normalized spacial score (nSPS) is 12.1. The van der Waals surface area contributed by atoms with Crippen molar-refractivity contribution in [1.82, 2.24) is 9.97 Å². The number of nitrogens with zero attached hydrogens (tertiary/aromatic N) is 2. The zero-order valence-electron chi connectivity index (χ0n) is 14.4. The van der Waals surface area contributed by atoms with Crippen molar-refractivity contribution in [3.05, 3.63) is 58.3 Å². The number of thiazole rings is 1. The zero-order chi connectivity index (χ0) is 18.5. The first-order chi connectivity index (χ1) is 12.5. The number of aryl methyl sites for hydroxylation is 1. The number of carbonyl (C=O) groups excluding carboxylic acids is 1. The summed E-state index contributed by atoms with van der Waals surface area (Å²) in [5.74, 6) is 1.52. The van der Waals surface area contributed by atoms with E-state index in [0.29, 0.717) is 17.4 Å². The van der Waals surface area contributed by atoms with E-state index in [2.05, 4.69) is 31.2 Å². The Morgan fingerprint density at radius 2 is 2.08 bits per heavy atom. The van der Waals surface area contributed by atoms with Gasteiger partial charge in [-0.05, 0) is 24.6 Å². The van der Waals surface area contributed by atoms with Gasteiger partial charge < -0.3 is 9.73 Å². The van der Waals surface area contributed by atoms with Crippen molar-refractivity contribution in [1.29, 1.82) is 0 Å². The summed E-state index contributed by atoms with van der Waals surface area (Å²) >= 11 is 6.46. The molecular formula is C18H18BrN3O2S2. The Morgan fingerprint density at radius 1 is 1.31 bits per heavy atom. The molecule has 3 aromatic rings. The van der Waals surface area contributed by atoms with Crippen LogP contribution in [0.2, 0.25) is 0 Å². The van der Waals surface area contributed by atoms with Crippen molar-refractivity contribution in [2.45, 2.75) is 36.1 Å². The van der Waals surface area contributed by atoms with Gasteiger partial charge in [0.25, 0.3) is 0 Å². The topological polar surface area (TPSA) is 68.0 Å². The van der Waals surface area contributed by atoms with Crippen LogP contribution >= 0.6 is 39.0 Å². The minimum absolute atomic E-state index is 0.0773. The first kappa shape index (κ1) is 19.1. The summed E-state index contributed by atoms with van der Waals surface area (Å²) in [4.78, 5) is 20.8. The Labute approximate surface area is 168 Å². The molecule has 1 amide bonds. The second kappa shape index (κ2) is 8.83. The van der Waals surface area contributed by atoms with Crippen molar-refractivity contribution in [3.63, 3.8) is 0 Å². The van der Waals surface area contributed by atoms with Gasteiger partial charge in [0.1, 0.15) is 5.76 Å². The van der Waals surface area contributed by atoms with Gasteiger partial charge in [-0.2, -0.15) is 0 Å². The van der Waals surface area contributed by atoms with E-state index in [1.807, 2.05) is 38.1 Å². The van der Waals surface area contributed by atoms with Gasteiger partial charge >= 0.3 is 0 Å². The van der Waals surface area contributed by atoms with Crippen LogP contribution in [0.15, 0.2) is 49.8 Å². The molecule has 8 heteroatoms. The van der Waals surface area contributed by atoms with E-state index in [-0.39, 0.29) is 11.2 Å². The number of aromatic nitrogens is 2. The molecule has 1 atom stereocenters. The number of thioether (sulfide) groups is 1. The molecule has 0 radical (unpaired) electrons. The molecule has 1 N–H and O–H groups in total. The van der Waals surface area contributed by atoms with Crippen molar-refractivity contribution in [2.24, 2.45) is 0 Å². The predicted molar refractivity (Wildman–Crippen MR) is 109 cm³/mol. The van der Waals surface area contributed by atoms with Gasteiger partial charge in [-0.3, -0.25) is 4.79 Å². The molecule has 0 aliphatic carbocycles. The number of oxazole rings is 1. The molecule has 2 aromatic heterocycles. The van der Waals surface area contributed by atoms with Crippen molar-refractivity contribution in [3.8, 4) is 0 Å². The van der Waals surface area contributed by atoms with Gasteiger partial charge in [-0.25, -0.2) is 9.97 Å². The van der Waals surface area contributed by atoms with Crippen molar-refractivity contribution < 1.29 is 9.21 Å². The molecule has 0 fully saturated rings. The number of rotatable bonds is 7. The minimum atomic E-state index is -0.0773. The highest BCUT2D eigenvalue weighted by atomic mass is 79.9. The smallest absolute Gasteiger partial charge is 0.230 e. The number of carbonyl (C=O) groups is 1. The summed E-state index contributed by atoms with van der Waals surface area (Å²) in [5, 5.41) is 3.54. The van der Waals surface area contributed by atoms with E-state index in [1.54, 1.807) is 24.2 Å². The third kappa shape index (κ3) is 5.18. The molecule has 0 aliphatic rings. The van der Waals surface area contributed by atoms with Gasteiger partial charge in [0.05, 0.1) is 28.3 Å². The van der Waals surface area contributed by atoms with Crippen molar-refractivity contribution >= 4 is 50.1 Å². The second-order valence-electron chi connectivity index (χ2n) is 5.61. The number of benzene rings is 1. The maximum Gasteiger partial charge on any atom is 0.230 e. The summed E-state index contributed by atoms with van der Waals surface area (Å²) in [6, 6.07) is 7.70. The largest absolute Gasteiger partial charge is 0.445 e. The lowest BCUT2D eigenvalue weighted by Crippen LogP contribution is -2.13. The molecule has 2 heterocycles. The van der Waals surface area contributed by atoms with Crippen LogP contribution in [0.1, 0.15) is 36.3 Å². The van der Waals surface area contributed by atoms with Crippen LogP contribution in [-0.2, 0) is 17.6 Å². The lowest BCUT2D eigenvalue weighted by molar-refractivity contribution is -0.115. The molecule has 3 rings (SSSR count). The zero-order valence-corrected chi connectivity index (χ0v) is 17.6. The third-order valence-electron chi connectivity index (χ3n) is 3.57. The molecule has 0 saturated carbocycles. The molecule has 0 spiro atoms. The van der Waals surface area contributed by atoms with E-state index in [9.17, 15) is 4.79 Å². The number of hydrogen-bond donors (Lipinski definition) is 1. The Balaban J connectivity index is 1.55. The highest BCUT2D eigenvalue weighted by Gasteiger charge is 2.16. The summed E-state index contributed by atoms with van der Waals surface area (Å²) in [6.07, 6.45) is 4.69. The van der Waals surface area contributed by atoms with Gasteiger partial charge in [0, 0.05) is 10.9 Å². The van der Waals surface area contributed by atoms with Gasteiger partial charge in [0.2, 0.25) is 11.8 Å². The van der Waals surface area contributed by atoms with Crippen molar-refractivity contribution in [2.75, 3.05) is 5.32 Å². The molecule has 0 bridgehead atoms. The molecule has 26 heavy (non-hydrogen) atoms. The fourth-order valence-corrected chi connectivity index (χ4v) is 4.59. The van der Waals surface area contributed by atoms with E-state index in [0.717, 1.165) is 26.4 Å². The number of anilines is 1. The van der Waals surface area contributed by atoms with Crippen LogP contribution in [0.3, 0.4) is 0 Å². The quantitative estimate of drug-likeness (QED) is 0.480. The lowest BCUT2D eigenvalue weighted by Gasteiger charge is -2.04. The monoisotopic (exact) mass is 451 g/mol. The highest BCUT2D eigenvalue weighted by molar-refractivity contribution is 9.10. The van der Waals surface area contributed by atoms with Crippen LogP contribution in [0.25, 0.3) is 0 Å². The lowest BCUT2D eigenvalue weighted by atomic mass is 10.1. The SMILES string of the molecule is CCc1cnc(C(C)Sc2cnc(NC(=O)Cc3ccc(Br)cc3)s2)o1. The first-order valence-corrected chi connectivity index (χ1v) is 10.6. The second-order valence-corrected chi connectivity index (χ2v) is 9.20. The van der Waals surface area contributed by atoms with Crippen LogP contribution in [0.4, 0.5) is 5.13 Å². The molecule has 5 nitrogen and oxygen atoms in total. The maximum atomic E-state index is 12.2. The van der Waals surface area contributed by atoms with Crippen LogP contribution in [0, 0.1) is 0 Å². The van der Waals surface area contributed by atoms with Crippen LogP contribution < -0.4 is 5.32 Å². The Bertz CT molecular complexity index is 877. The van der Waals surface area contributed by atoms with E-state index < -0.39 is 0 Å². The summed E-state index contributed by atoms with van der Waals surface area (Å²) in [6.45, 7) is 4.08. The standard InChI is InChI=1S/C18H18BrN3O2S2/c1-3-14-9-20-17(24-14)11(2)25-16-10-21-18(26-16)22-15(23)8-12-4-6-13(19)7-5-12/h4-7,9-11H,3,8H2,1-2H3,(H,21,22,23). The molecule has 1 aromatic carbocycles. The predicted octanol–water partition coefficient (Wildman–Crippen LogP) is 5.49. The average Bonchev–Trinajstić information content (AvgIpc) is 3.26. The average molecular weight is 452 g/mol. The summed E-state index contributed by atoms with van der Waals surface area (Å²) in [7, 11) is 0. The van der Waals surface area contributed by atoms with E-state index >= 15 is 0 Å². The Morgan fingerprint density at radius 3 is 2.77 bits per heavy atom. The summed E-state index contributed by atoms with van der Waals surface area (Å²) < 4.78 is 7.69. The number of hydrogen-bond acceptors (Lipinski definition) is 6.